The van der Waals surface area contributed by atoms with E-state index in [4.69, 9.17) is 10.2 Å². The van der Waals surface area contributed by atoms with Crippen molar-refractivity contribution in [2.45, 2.75) is 12.5 Å². The molecule has 0 unspecified atom stereocenters. The molecule has 1 amide bonds. The van der Waals surface area contributed by atoms with Crippen molar-refractivity contribution in [2.24, 2.45) is 0 Å². The van der Waals surface area contributed by atoms with Crippen molar-refractivity contribution < 1.29 is 19.8 Å². The molecule has 0 spiro atoms. The van der Waals surface area contributed by atoms with Gasteiger partial charge in [-0.25, -0.2) is 4.79 Å². The molecule has 0 radical (unpaired) electrons. The number of hydrogen-bond donors (Lipinski definition) is 3. The number of benzene rings is 1. The fraction of sp³-hybridized carbons (Fsp3) is 0.214. The Morgan fingerprint density at radius 2 is 2.00 bits per heavy atom. The molecular formula is C14H14N2O4. The zero-order valence-corrected chi connectivity index (χ0v) is 10.6. The van der Waals surface area contributed by atoms with E-state index in [1.165, 1.54) is 12.3 Å². The number of fused-ring (bicyclic) bond motifs is 1. The number of aromatic nitrogens is 1. The number of amides is 1. The van der Waals surface area contributed by atoms with Crippen LogP contribution in [0.4, 0.5) is 0 Å². The number of carbonyl (C=O) groups excluding carboxylic acids is 1. The van der Waals surface area contributed by atoms with Crippen LogP contribution in [0, 0.1) is 0 Å². The van der Waals surface area contributed by atoms with Crippen LogP contribution in [0.2, 0.25) is 0 Å². The molecule has 1 aromatic heterocycles. The Morgan fingerprint density at radius 1 is 1.25 bits per heavy atom. The SMILES string of the molecule is O=C(N[C@@H](CCO)C(=O)O)c1ccnc2ccccc12. The van der Waals surface area contributed by atoms with Crippen LogP contribution in [0.1, 0.15) is 16.8 Å². The molecule has 6 heteroatoms. The van der Waals surface area contributed by atoms with Crippen LogP contribution in [0.15, 0.2) is 36.5 Å². The molecule has 2 rings (SSSR count). The third-order valence-electron chi connectivity index (χ3n) is 2.91. The quantitative estimate of drug-likeness (QED) is 0.749. The van der Waals surface area contributed by atoms with E-state index in [-0.39, 0.29) is 13.0 Å². The molecule has 1 atom stereocenters. The molecule has 20 heavy (non-hydrogen) atoms. The van der Waals surface area contributed by atoms with Gasteiger partial charge in [-0.15, -0.1) is 0 Å². The van der Waals surface area contributed by atoms with Crippen LogP contribution in [0.3, 0.4) is 0 Å². The Hall–Kier alpha value is -2.47. The topological polar surface area (TPSA) is 99.5 Å². The number of rotatable bonds is 5. The molecule has 104 valence electrons. The number of para-hydroxylation sites is 1. The number of aliphatic hydroxyl groups is 1. The number of hydrogen-bond acceptors (Lipinski definition) is 4. The molecule has 3 N–H and O–H groups in total. The van der Waals surface area contributed by atoms with Gasteiger partial charge in [-0.05, 0) is 12.1 Å². The first-order valence-electron chi connectivity index (χ1n) is 6.11. The fourth-order valence-corrected chi connectivity index (χ4v) is 1.92. The first-order valence-corrected chi connectivity index (χ1v) is 6.11. The van der Waals surface area contributed by atoms with Crippen LogP contribution in [-0.4, -0.2) is 39.7 Å². The number of nitrogens with zero attached hydrogens (tertiary/aromatic N) is 1. The summed E-state index contributed by atoms with van der Waals surface area (Å²) in [6.45, 7) is -0.311. The lowest BCUT2D eigenvalue weighted by atomic mass is 10.1. The maximum atomic E-state index is 12.2. The van der Waals surface area contributed by atoms with Crippen molar-refractivity contribution in [1.29, 1.82) is 0 Å². The maximum Gasteiger partial charge on any atom is 0.326 e. The van der Waals surface area contributed by atoms with E-state index in [0.717, 1.165) is 0 Å². The van der Waals surface area contributed by atoms with Crippen LogP contribution in [0.25, 0.3) is 10.9 Å². The Kier molecular flexibility index (Phi) is 4.27. The summed E-state index contributed by atoms with van der Waals surface area (Å²) in [7, 11) is 0. The molecule has 0 aliphatic carbocycles. The Morgan fingerprint density at radius 3 is 2.70 bits per heavy atom. The second-order valence-corrected chi connectivity index (χ2v) is 4.25. The Labute approximate surface area is 115 Å². The first-order chi connectivity index (χ1) is 9.63. The molecular weight excluding hydrogens is 260 g/mol. The van der Waals surface area contributed by atoms with Crippen molar-refractivity contribution in [3.8, 4) is 0 Å². The predicted molar refractivity (Wildman–Crippen MR) is 72.3 cm³/mol. The summed E-state index contributed by atoms with van der Waals surface area (Å²) in [6, 6.07) is 7.54. The van der Waals surface area contributed by atoms with Crippen LogP contribution in [-0.2, 0) is 4.79 Å². The Bertz CT molecular complexity index is 637. The van der Waals surface area contributed by atoms with E-state index >= 15 is 0 Å². The minimum absolute atomic E-state index is 0.0376. The van der Waals surface area contributed by atoms with Gasteiger partial charge in [0.15, 0.2) is 0 Å². The standard InChI is InChI=1S/C14H14N2O4/c17-8-6-12(14(19)20)16-13(18)10-5-7-15-11-4-2-1-3-9(10)11/h1-5,7,12,17H,6,8H2,(H,16,18)(H,19,20)/t12-/m0/s1. The molecule has 0 fully saturated rings. The van der Waals surface area contributed by atoms with Gasteiger partial charge in [0.05, 0.1) is 11.1 Å². The lowest BCUT2D eigenvalue weighted by Gasteiger charge is -2.14. The zero-order valence-electron chi connectivity index (χ0n) is 10.6. The van der Waals surface area contributed by atoms with E-state index in [2.05, 4.69) is 10.3 Å². The lowest BCUT2D eigenvalue weighted by molar-refractivity contribution is -0.139. The molecule has 1 heterocycles. The maximum absolute atomic E-state index is 12.2. The summed E-state index contributed by atoms with van der Waals surface area (Å²) >= 11 is 0. The van der Waals surface area contributed by atoms with Gasteiger partial charge in [0.1, 0.15) is 6.04 Å². The summed E-state index contributed by atoms with van der Waals surface area (Å²) in [5, 5.41) is 20.8. The average molecular weight is 274 g/mol. The fourth-order valence-electron chi connectivity index (χ4n) is 1.92. The number of aliphatic hydroxyl groups excluding tert-OH is 1. The minimum atomic E-state index is -1.18. The highest BCUT2D eigenvalue weighted by atomic mass is 16.4. The molecule has 0 saturated carbocycles. The molecule has 0 aliphatic rings. The van der Waals surface area contributed by atoms with Crippen LogP contribution >= 0.6 is 0 Å². The van der Waals surface area contributed by atoms with Crippen molar-refractivity contribution in [3.05, 3.63) is 42.1 Å². The van der Waals surface area contributed by atoms with Crippen molar-refractivity contribution in [1.82, 2.24) is 10.3 Å². The monoisotopic (exact) mass is 274 g/mol. The third kappa shape index (κ3) is 2.92. The summed E-state index contributed by atoms with van der Waals surface area (Å²) in [5.41, 5.74) is 1.02. The van der Waals surface area contributed by atoms with Gasteiger partial charge in [-0.1, -0.05) is 18.2 Å². The number of pyridine rings is 1. The van der Waals surface area contributed by atoms with Crippen LogP contribution < -0.4 is 5.32 Å². The van der Waals surface area contributed by atoms with E-state index < -0.39 is 17.9 Å². The minimum Gasteiger partial charge on any atom is -0.480 e. The van der Waals surface area contributed by atoms with Gasteiger partial charge in [0.25, 0.3) is 5.91 Å². The number of carboxylic acid groups (broad SMARTS) is 1. The van der Waals surface area contributed by atoms with E-state index in [9.17, 15) is 9.59 Å². The highest BCUT2D eigenvalue weighted by molar-refractivity contribution is 6.06. The van der Waals surface area contributed by atoms with E-state index in [1.807, 2.05) is 6.07 Å². The van der Waals surface area contributed by atoms with E-state index in [1.54, 1.807) is 18.2 Å². The van der Waals surface area contributed by atoms with Gasteiger partial charge >= 0.3 is 5.97 Å². The molecule has 2 aromatic rings. The second-order valence-electron chi connectivity index (χ2n) is 4.25. The zero-order chi connectivity index (χ0) is 14.5. The number of carbonyl (C=O) groups is 2. The van der Waals surface area contributed by atoms with Gasteiger partial charge in [-0.2, -0.15) is 0 Å². The van der Waals surface area contributed by atoms with Gasteiger partial charge < -0.3 is 15.5 Å². The summed E-state index contributed by atoms with van der Waals surface area (Å²) in [6.07, 6.45) is 1.46. The average Bonchev–Trinajstić information content (AvgIpc) is 2.46. The molecule has 0 aliphatic heterocycles. The van der Waals surface area contributed by atoms with Crippen molar-refractivity contribution in [3.63, 3.8) is 0 Å². The largest absolute Gasteiger partial charge is 0.480 e. The molecule has 1 aromatic carbocycles. The molecule has 0 bridgehead atoms. The molecule has 6 nitrogen and oxygen atoms in total. The smallest absolute Gasteiger partial charge is 0.326 e. The van der Waals surface area contributed by atoms with E-state index in [0.29, 0.717) is 16.5 Å². The molecule has 0 saturated heterocycles. The second kappa shape index (κ2) is 6.12. The predicted octanol–water partition coefficient (Wildman–Crippen LogP) is 0.800. The third-order valence-corrected chi connectivity index (χ3v) is 2.91. The Balaban J connectivity index is 2.29. The summed E-state index contributed by atoms with van der Waals surface area (Å²) < 4.78 is 0. The van der Waals surface area contributed by atoms with Crippen molar-refractivity contribution in [2.75, 3.05) is 6.61 Å². The highest BCUT2D eigenvalue weighted by Gasteiger charge is 2.21. The normalized spacial score (nSPS) is 12.1. The number of carboxylic acids is 1. The number of aliphatic carboxylic acids is 1. The highest BCUT2D eigenvalue weighted by Crippen LogP contribution is 2.16. The van der Waals surface area contributed by atoms with Gasteiger partial charge in [-0.3, -0.25) is 9.78 Å². The summed E-state index contributed by atoms with van der Waals surface area (Å²) in [5.74, 6) is -1.67. The summed E-state index contributed by atoms with van der Waals surface area (Å²) in [4.78, 5) is 27.3. The number of nitrogens with one attached hydrogen (secondary N) is 1. The van der Waals surface area contributed by atoms with Crippen molar-refractivity contribution >= 4 is 22.8 Å². The first kappa shape index (κ1) is 14.0. The van der Waals surface area contributed by atoms with Crippen LogP contribution in [0.5, 0.6) is 0 Å². The van der Waals surface area contributed by atoms with Gasteiger partial charge in [0.2, 0.25) is 0 Å². The van der Waals surface area contributed by atoms with Gasteiger partial charge in [0, 0.05) is 24.6 Å². The lowest BCUT2D eigenvalue weighted by Crippen LogP contribution is -2.41.